The first-order valence-corrected chi connectivity index (χ1v) is 11.8. The van der Waals surface area contributed by atoms with Crippen molar-refractivity contribution in [2.75, 3.05) is 27.2 Å². The lowest BCUT2D eigenvalue weighted by Gasteiger charge is -2.31. The SMILES string of the molecule is Cc1ccc(NC(=O)c2ccc(N3CCS3=O)cc2Cl)cc1NC(=O)c1cccc(Cl)c1. The summed E-state index contributed by atoms with van der Waals surface area (Å²) in [7, 11) is -1.03. The molecule has 1 aliphatic rings. The summed E-state index contributed by atoms with van der Waals surface area (Å²) >= 11 is 12.3. The van der Waals surface area contributed by atoms with Crippen LogP contribution in [0.4, 0.5) is 17.1 Å². The van der Waals surface area contributed by atoms with E-state index in [9.17, 15) is 13.8 Å². The van der Waals surface area contributed by atoms with Gasteiger partial charge in [-0.25, -0.2) is 4.21 Å². The Morgan fingerprint density at radius 3 is 2.44 bits per heavy atom. The first kappa shape index (κ1) is 22.3. The van der Waals surface area contributed by atoms with Gasteiger partial charge in [0, 0.05) is 28.5 Å². The maximum Gasteiger partial charge on any atom is 0.257 e. The second kappa shape index (κ2) is 9.32. The lowest BCUT2D eigenvalue weighted by molar-refractivity contribution is 0.101. The van der Waals surface area contributed by atoms with E-state index in [0.29, 0.717) is 39.8 Å². The van der Waals surface area contributed by atoms with E-state index in [1.807, 2.05) is 6.92 Å². The molecule has 3 aromatic carbocycles. The summed E-state index contributed by atoms with van der Waals surface area (Å²) in [5.74, 6) is -0.0629. The molecule has 32 heavy (non-hydrogen) atoms. The van der Waals surface area contributed by atoms with Crippen LogP contribution < -0.4 is 14.9 Å². The fourth-order valence-electron chi connectivity index (χ4n) is 3.20. The first-order valence-electron chi connectivity index (χ1n) is 9.76. The highest BCUT2D eigenvalue weighted by Crippen LogP contribution is 2.29. The Morgan fingerprint density at radius 2 is 1.78 bits per heavy atom. The van der Waals surface area contributed by atoms with Crippen LogP contribution in [0, 0.1) is 6.92 Å². The predicted molar refractivity (Wildman–Crippen MR) is 130 cm³/mol. The maximum absolute atomic E-state index is 12.8. The Labute approximate surface area is 198 Å². The van der Waals surface area contributed by atoms with E-state index in [0.717, 1.165) is 11.3 Å². The van der Waals surface area contributed by atoms with Crippen LogP contribution in [0.1, 0.15) is 26.3 Å². The number of nitrogens with one attached hydrogen (secondary N) is 2. The molecule has 1 fully saturated rings. The molecule has 1 unspecified atom stereocenters. The van der Waals surface area contributed by atoms with Gasteiger partial charge in [-0.3, -0.25) is 13.9 Å². The van der Waals surface area contributed by atoms with Crippen LogP contribution in [0.5, 0.6) is 0 Å². The van der Waals surface area contributed by atoms with E-state index in [2.05, 4.69) is 10.6 Å². The van der Waals surface area contributed by atoms with Gasteiger partial charge in [-0.05, 0) is 61.0 Å². The van der Waals surface area contributed by atoms with E-state index >= 15 is 0 Å². The summed E-state index contributed by atoms with van der Waals surface area (Å²) in [6.45, 7) is 2.55. The van der Waals surface area contributed by atoms with Crippen LogP contribution in [0.2, 0.25) is 10.0 Å². The monoisotopic (exact) mass is 487 g/mol. The van der Waals surface area contributed by atoms with Gasteiger partial charge in [0.25, 0.3) is 11.8 Å². The molecule has 9 heteroatoms. The van der Waals surface area contributed by atoms with E-state index in [1.54, 1.807) is 65.0 Å². The summed E-state index contributed by atoms with van der Waals surface area (Å²) in [5, 5.41) is 6.39. The van der Waals surface area contributed by atoms with Crippen LogP contribution in [0.3, 0.4) is 0 Å². The molecule has 0 aliphatic carbocycles. The average molecular weight is 488 g/mol. The lowest BCUT2D eigenvalue weighted by atomic mass is 10.1. The zero-order chi connectivity index (χ0) is 22.8. The molecule has 164 valence electrons. The normalized spacial score (nSPS) is 15.1. The highest BCUT2D eigenvalue weighted by atomic mass is 35.5. The van der Waals surface area contributed by atoms with Crippen molar-refractivity contribution >= 4 is 63.1 Å². The van der Waals surface area contributed by atoms with Gasteiger partial charge in [-0.15, -0.1) is 0 Å². The van der Waals surface area contributed by atoms with E-state index in [1.165, 1.54) is 0 Å². The van der Waals surface area contributed by atoms with Crippen LogP contribution in [0.15, 0.2) is 60.7 Å². The summed E-state index contributed by atoms with van der Waals surface area (Å²) in [6.07, 6.45) is 0. The Hall–Kier alpha value is -2.87. The minimum absolute atomic E-state index is 0.269. The summed E-state index contributed by atoms with van der Waals surface area (Å²) < 4.78 is 13.4. The third kappa shape index (κ3) is 4.80. The van der Waals surface area contributed by atoms with Crippen LogP contribution in [-0.2, 0) is 11.0 Å². The van der Waals surface area contributed by atoms with Crippen molar-refractivity contribution in [2.24, 2.45) is 0 Å². The average Bonchev–Trinajstić information content (AvgIpc) is 2.75. The molecular weight excluding hydrogens is 469 g/mol. The van der Waals surface area contributed by atoms with E-state index < -0.39 is 11.0 Å². The highest BCUT2D eigenvalue weighted by Gasteiger charge is 2.25. The van der Waals surface area contributed by atoms with Crippen molar-refractivity contribution < 1.29 is 13.8 Å². The number of anilines is 3. The van der Waals surface area contributed by atoms with Gasteiger partial charge in [0.15, 0.2) is 0 Å². The number of rotatable bonds is 5. The standard InChI is InChI=1S/C23H19Cl2N3O3S/c1-14-5-6-17(12-21(14)27-22(29)15-3-2-4-16(24)11-15)26-23(30)19-8-7-18(13-20(19)25)28-9-10-32(28)31/h2-8,11-13H,9-10H2,1H3,(H,26,30)(H,27,29). The number of hydrogen-bond donors (Lipinski definition) is 2. The molecule has 1 saturated heterocycles. The minimum atomic E-state index is -1.03. The fraction of sp³-hybridized carbons (Fsp3) is 0.130. The van der Waals surface area contributed by atoms with Gasteiger partial charge < -0.3 is 10.6 Å². The first-order chi connectivity index (χ1) is 15.3. The number of benzene rings is 3. The zero-order valence-electron chi connectivity index (χ0n) is 17.0. The van der Waals surface area contributed by atoms with Gasteiger partial charge in [0.1, 0.15) is 11.0 Å². The molecule has 2 N–H and O–H groups in total. The smallest absolute Gasteiger partial charge is 0.257 e. The number of amides is 2. The van der Waals surface area contributed by atoms with Crippen molar-refractivity contribution in [2.45, 2.75) is 6.92 Å². The van der Waals surface area contributed by atoms with Crippen molar-refractivity contribution in [3.05, 3.63) is 87.4 Å². The number of nitrogens with zero attached hydrogens (tertiary/aromatic N) is 1. The third-order valence-electron chi connectivity index (χ3n) is 5.03. The van der Waals surface area contributed by atoms with Crippen LogP contribution in [-0.4, -0.2) is 28.3 Å². The molecular formula is C23H19Cl2N3O3S. The Balaban J connectivity index is 1.49. The zero-order valence-corrected chi connectivity index (χ0v) is 19.4. The van der Waals surface area contributed by atoms with Gasteiger partial charge >= 0.3 is 0 Å². The Morgan fingerprint density at radius 1 is 0.969 bits per heavy atom. The van der Waals surface area contributed by atoms with Crippen LogP contribution in [0.25, 0.3) is 0 Å². The van der Waals surface area contributed by atoms with Crippen molar-refractivity contribution in [3.8, 4) is 0 Å². The van der Waals surface area contributed by atoms with Gasteiger partial charge in [0.2, 0.25) is 0 Å². The molecule has 6 nitrogen and oxygen atoms in total. The summed E-state index contributed by atoms with van der Waals surface area (Å²) in [4.78, 5) is 25.3. The number of carbonyl (C=O) groups excluding carboxylic acids is 2. The second-order valence-electron chi connectivity index (χ2n) is 7.24. The van der Waals surface area contributed by atoms with Crippen molar-refractivity contribution in [3.63, 3.8) is 0 Å². The topological polar surface area (TPSA) is 78.5 Å². The van der Waals surface area contributed by atoms with E-state index in [-0.39, 0.29) is 16.8 Å². The molecule has 0 bridgehead atoms. The summed E-state index contributed by atoms with van der Waals surface area (Å²) in [5.41, 5.74) is 3.36. The number of halogens is 2. The molecule has 4 rings (SSSR count). The van der Waals surface area contributed by atoms with Gasteiger partial charge in [-0.1, -0.05) is 35.3 Å². The molecule has 0 aromatic heterocycles. The third-order valence-corrected chi connectivity index (χ3v) is 7.00. The minimum Gasteiger partial charge on any atom is -0.322 e. The molecule has 0 radical (unpaired) electrons. The Bertz CT molecular complexity index is 1250. The Kier molecular flexibility index (Phi) is 6.50. The maximum atomic E-state index is 12.8. The molecule has 1 atom stereocenters. The predicted octanol–water partition coefficient (Wildman–Crippen LogP) is 5.29. The molecule has 0 spiro atoms. The molecule has 3 aromatic rings. The van der Waals surface area contributed by atoms with Gasteiger partial charge in [0.05, 0.1) is 22.0 Å². The molecule has 0 saturated carbocycles. The van der Waals surface area contributed by atoms with Crippen molar-refractivity contribution in [1.29, 1.82) is 0 Å². The fourth-order valence-corrected chi connectivity index (χ4v) is 4.52. The van der Waals surface area contributed by atoms with E-state index in [4.69, 9.17) is 23.2 Å². The number of aryl methyl sites for hydroxylation is 1. The summed E-state index contributed by atoms with van der Waals surface area (Å²) in [6, 6.07) is 16.8. The van der Waals surface area contributed by atoms with Crippen LogP contribution >= 0.6 is 23.2 Å². The lowest BCUT2D eigenvalue weighted by Crippen LogP contribution is -2.42. The number of hydrogen-bond acceptors (Lipinski definition) is 3. The second-order valence-corrected chi connectivity index (χ2v) is 9.58. The quantitative estimate of drug-likeness (QED) is 0.512. The molecule has 2 amide bonds. The molecule has 1 heterocycles. The van der Waals surface area contributed by atoms with Crippen molar-refractivity contribution in [1.82, 2.24) is 0 Å². The highest BCUT2D eigenvalue weighted by molar-refractivity contribution is 7.88. The van der Waals surface area contributed by atoms with Gasteiger partial charge in [-0.2, -0.15) is 0 Å². The number of carbonyl (C=O) groups is 2. The molecule has 1 aliphatic heterocycles. The largest absolute Gasteiger partial charge is 0.322 e.